The maximum Gasteiger partial charge on any atom is 0.161 e. The molecule has 0 saturated carbocycles. The third-order valence-corrected chi connectivity index (χ3v) is 3.28. The zero-order valence-corrected chi connectivity index (χ0v) is 9.99. The normalized spacial score (nSPS) is 16.6. The molecule has 0 aromatic carbocycles. The molecular weight excluding hydrogens is 200 g/mol. The Kier molecular flexibility index (Phi) is 3.34. The minimum Gasteiger partial charge on any atom is -0.303 e. The molecule has 0 fully saturated rings. The second-order valence-corrected chi connectivity index (χ2v) is 4.32. The van der Waals surface area contributed by atoms with Gasteiger partial charge in [-0.2, -0.15) is 0 Å². The predicted molar refractivity (Wildman–Crippen MR) is 63.8 cm³/mol. The quantitative estimate of drug-likeness (QED) is 0.708. The van der Waals surface area contributed by atoms with Crippen molar-refractivity contribution in [3.05, 3.63) is 29.1 Å². The van der Waals surface area contributed by atoms with Crippen molar-refractivity contribution < 1.29 is 4.79 Å². The van der Waals surface area contributed by atoms with Crippen LogP contribution in [0.2, 0.25) is 0 Å². The molecule has 1 aliphatic rings. The van der Waals surface area contributed by atoms with Gasteiger partial charge >= 0.3 is 0 Å². The smallest absolute Gasteiger partial charge is 0.161 e. The summed E-state index contributed by atoms with van der Waals surface area (Å²) in [4.78, 5) is 18.1. The molecule has 0 unspecified atom stereocenters. The Morgan fingerprint density at radius 2 is 2.19 bits per heavy atom. The van der Waals surface area contributed by atoms with E-state index in [2.05, 4.69) is 16.8 Å². The summed E-state index contributed by atoms with van der Waals surface area (Å²) in [5.41, 5.74) is 3.16. The van der Waals surface area contributed by atoms with E-state index >= 15 is 0 Å². The SMILES string of the molecule is CCN1CCc2cc(C(C)=O)cnc2CC1. The summed E-state index contributed by atoms with van der Waals surface area (Å²) in [6.45, 7) is 7.03. The molecule has 1 aromatic rings. The highest BCUT2D eigenvalue weighted by molar-refractivity contribution is 5.93. The number of carbonyl (C=O) groups is 1. The van der Waals surface area contributed by atoms with Crippen molar-refractivity contribution in [2.45, 2.75) is 26.7 Å². The van der Waals surface area contributed by atoms with Gasteiger partial charge in [0.05, 0.1) is 0 Å². The fourth-order valence-electron chi connectivity index (χ4n) is 2.14. The van der Waals surface area contributed by atoms with E-state index in [0.717, 1.165) is 38.0 Å². The van der Waals surface area contributed by atoms with Gasteiger partial charge in [-0.3, -0.25) is 9.78 Å². The number of fused-ring (bicyclic) bond motifs is 1. The molecular formula is C13H18N2O. The van der Waals surface area contributed by atoms with Crippen molar-refractivity contribution in [2.24, 2.45) is 0 Å². The summed E-state index contributed by atoms with van der Waals surface area (Å²) in [6, 6.07) is 2.02. The number of pyridine rings is 1. The third-order valence-electron chi connectivity index (χ3n) is 3.28. The number of rotatable bonds is 2. The van der Waals surface area contributed by atoms with E-state index in [0.29, 0.717) is 0 Å². The minimum absolute atomic E-state index is 0.104. The highest BCUT2D eigenvalue weighted by Crippen LogP contribution is 2.15. The van der Waals surface area contributed by atoms with E-state index < -0.39 is 0 Å². The Hall–Kier alpha value is -1.22. The first-order valence-corrected chi connectivity index (χ1v) is 5.91. The Morgan fingerprint density at radius 1 is 1.44 bits per heavy atom. The number of ketones is 1. The van der Waals surface area contributed by atoms with Gasteiger partial charge in [0, 0.05) is 37.0 Å². The van der Waals surface area contributed by atoms with Crippen LogP contribution in [-0.4, -0.2) is 35.3 Å². The van der Waals surface area contributed by atoms with Crippen LogP contribution < -0.4 is 0 Å². The summed E-state index contributed by atoms with van der Waals surface area (Å²) in [5.74, 6) is 0.104. The van der Waals surface area contributed by atoms with Crippen molar-refractivity contribution >= 4 is 5.78 Å². The second kappa shape index (κ2) is 4.74. The van der Waals surface area contributed by atoms with Gasteiger partial charge in [-0.25, -0.2) is 0 Å². The summed E-state index contributed by atoms with van der Waals surface area (Å²) >= 11 is 0. The van der Waals surface area contributed by atoms with Gasteiger partial charge in [0.25, 0.3) is 0 Å². The van der Waals surface area contributed by atoms with Crippen LogP contribution in [0, 0.1) is 0 Å². The van der Waals surface area contributed by atoms with E-state index in [1.54, 1.807) is 13.1 Å². The largest absolute Gasteiger partial charge is 0.303 e. The van der Waals surface area contributed by atoms with Crippen LogP contribution in [0.1, 0.15) is 35.5 Å². The van der Waals surface area contributed by atoms with E-state index in [9.17, 15) is 4.79 Å². The first kappa shape index (κ1) is 11.3. The van der Waals surface area contributed by atoms with Crippen molar-refractivity contribution in [1.82, 2.24) is 9.88 Å². The maximum absolute atomic E-state index is 11.3. The van der Waals surface area contributed by atoms with Crippen LogP contribution in [0.4, 0.5) is 0 Å². The molecule has 0 N–H and O–H groups in total. The number of hydrogen-bond donors (Lipinski definition) is 0. The summed E-state index contributed by atoms with van der Waals surface area (Å²) in [5, 5.41) is 0. The number of Topliss-reactive ketones (excluding diaryl/α,β-unsaturated/α-hetero) is 1. The Balaban J connectivity index is 2.25. The molecule has 0 radical (unpaired) electrons. The van der Waals surface area contributed by atoms with Crippen LogP contribution >= 0.6 is 0 Å². The van der Waals surface area contributed by atoms with Crippen LogP contribution in [0.25, 0.3) is 0 Å². The average Bonchev–Trinajstić information content (AvgIpc) is 2.50. The average molecular weight is 218 g/mol. The molecule has 0 spiro atoms. The topological polar surface area (TPSA) is 33.2 Å². The lowest BCUT2D eigenvalue weighted by atomic mass is 10.1. The van der Waals surface area contributed by atoms with Gasteiger partial charge in [0.2, 0.25) is 0 Å². The molecule has 1 aliphatic heterocycles. The molecule has 0 aliphatic carbocycles. The van der Waals surface area contributed by atoms with Crippen molar-refractivity contribution in [1.29, 1.82) is 0 Å². The lowest BCUT2D eigenvalue weighted by Crippen LogP contribution is -2.25. The minimum atomic E-state index is 0.104. The first-order chi connectivity index (χ1) is 7.70. The van der Waals surface area contributed by atoms with E-state index in [-0.39, 0.29) is 5.78 Å². The Morgan fingerprint density at radius 3 is 2.88 bits per heavy atom. The molecule has 0 atom stereocenters. The van der Waals surface area contributed by atoms with E-state index in [1.165, 1.54) is 11.3 Å². The molecule has 0 saturated heterocycles. The summed E-state index contributed by atoms with van der Waals surface area (Å²) < 4.78 is 0. The number of aromatic nitrogens is 1. The molecule has 3 heteroatoms. The van der Waals surface area contributed by atoms with Gasteiger partial charge in [0.1, 0.15) is 0 Å². The van der Waals surface area contributed by atoms with Crippen molar-refractivity contribution in [3.63, 3.8) is 0 Å². The fourth-order valence-corrected chi connectivity index (χ4v) is 2.14. The zero-order chi connectivity index (χ0) is 11.5. The standard InChI is InChI=1S/C13H18N2O/c1-3-15-6-4-11-8-12(10(2)16)9-14-13(11)5-7-15/h8-9H,3-7H2,1-2H3. The second-order valence-electron chi connectivity index (χ2n) is 4.32. The molecule has 0 bridgehead atoms. The predicted octanol–water partition coefficient (Wildman–Crippen LogP) is 1.70. The van der Waals surface area contributed by atoms with Gasteiger partial charge < -0.3 is 4.90 Å². The molecule has 2 heterocycles. The van der Waals surface area contributed by atoms with Gasteiger partial charge in [-0.05, 0) is 31.5 Å². The lowest BCUT2D eigenvalue weighted by molar-refractivity contribution is 0.101. The monoisotopic (exact) mass is 218 g/mol. The molecule has 3 nitrogen and oxygen atoms in total. The molecule has 0 amide bonds. The van der Waals surface area contributed by atoms with Crippen molar-refractivity contribution in [2.75, 3.05) is 19.6 Å². The van der Waals surface area contributed by atoms with Crippen molar-refractivity contribution in [3.8, 4) is 0 Å². The number of hydrogen-bond acceptors (Lipinski definition) is 3. The first-order valence-electron chi connectivity index (χ1n) is 5.91. The number of nitrogens with zero attached hydrogens (tertiary/aromatic N) is 2. The van der Waals surface area contributed by atoms with Crippen LogP contribution in [0.3, 0.4) is 0 Å². The van der Waals surface area contributed by atoms with E-state index in [4.69, 9.17) is 0 Å². The summed E-state index contributed by atoms with van der Waals surface area (Å²) in [7, 11) is 0. The Labute approximate surface area is 96.5 Å². The number of likely N-dealkylation sites (N-methyl/N-ethyl adjacent to an activating group) is 1. The molecule has 16 heavy (non-hydrogen) atoms. The highest BCUT2D eigenvalue weighted by atomic mass is 16.1. The highest BCUT2D eigenvalue weighted by Gasteiger charge is 2.14. The Bertz CT molecular complexity index is 401. The fraction of sp³-hybridized carbons (Fsp3) is 0.538. The lowest BCUT2D eigenvalue weighted by Gasteiger charge is -2.15. The maximum atomic E-state index is 11.3. The zero-order valence-electron chi connectivity index (χ0n) is 9.99. The molecule has 1 aromatic heterocycles. The van der Waals surface area contributed by atoms with Gasteiger partial charge in [-0.1, -0.05) is 6.92 Å². The third kappa shape index (κ3) is 2.30. The van der Waals surface area contributed by atoms with Crippen LogP contribution in [0.15, 0.2) is 12.3 Å². The van der Waals surface area contributed by atoms with Gasteiger partial charge in [0.15, 0.2) is 5.78 Å². The molecule has 2 rings (SSSR count). The van der Waals surface area contributed by atoms with Crippen LogP contribution in [-0.2, 0) is 12.8 Å². The van der Waals surface area contributed by atoms with Crippen LogP contribution in [0.5, 0.6) is 0 Å². The number of carbonyl (C=O) groups excluding carboxylic acids is 1. The van der Waals surface area contributed by atoms with Gasteiger partial charge in [-0.15, -0.1) is 0 Å². The summed E-state index contributed by atoms with van der Waals surface area (Å²) in [6.07, 6.45) is 3.72. The van der Waals surface area contributed by atoms with E-state index in [1.807, 2.05) is 6.07 Å². The molecule has 86 valence electrons.